The van der Waals surface area contributed by atoms with Crippen LogP contribution in [0.2, 0.25) is 0 Å². The van der Waals surface area contributed by atoms with Gasteiger partial charge in [-0.25, -0.2) is 0 Å². The molecule has 2 rings (SSSR count). The van der Waals surface area contributed by atoms with Crippen LogP contribution in [0.3, 0.4) is 0 Å². The fraction of sp³-hybridized carbons (Fsp3) is 0.571. The van der Waals surface area contributed by atoms with Crippen molar-refractivity contribution < 1.29 is 0 Å². The van der Waals surface area contributed by atoms with E-state index in [1.54, 1.807) is 0 Å². The van der Waals surface area contributed by atoms with Crippen molar-refractivity contribution in [2.45, 2.75) is 32.6 Å². The fourth-order valence-electron chi connectivity index (χ4n) is 2.96. The van der Waals surface area contributed by atoms with Gasteiger partial charge in [-0.2, -0.15) is 0 Å². The van der Waals surface area contributed by atoms with Gasteiger partial charge in [0, 0.05) is 23.5 Å². The molecule has 16 heavy (non-hydrogen) atoms. The molecule has 0 radical (unpaired) electrons. The standard InChI is InChI=1S/C14H20BrN/c1-3-14(4-2)10-16-9-13(14)11-5-7-12(15)8-6-11/h5-8,13,16H,3-4,9-10H2,1-2H3/t13-/m0/s1. The molecule has 0 saturated carbocycles. The van der Waals surface area contributed by atoms with E-state index in [1.165, 1.54) is 29.4 Å². The van der Waals surface area contributed by atoms with Crippen molar-refractivity contribution in [2.24, 2.45) is 5.41 Å². The lowest BCUT2D eigenvalue weighted by atomic mass is 9.71. The fourth-order valence-corrected chi connectivity index (χ4v) is 3.23. The number of nitrogens with one attached hydrogen (secondary N) is 1. The molecule has 0 spiro atoms. The van der Waals surface area contributed by atoms with Gasteiger partial charge in [0.1, 0.15) is 0 Å². The molecule has 1 aromatic rings. The lowest BCUT2D eigenvalue weighted by Crippen LogP contribution is -2.27. The molecule has 88 valence electrons. The summed E-state index contributed by atoms with van der Waals surface area (Å²) in [6.45, 7) is 6.94. The molecule has 1 nitrogen and oxygen atoms in total. The average molecular weight is 282 g/mol. The molecule has 0 bridgehead atoms. The maximum Gasteiger partial charge on any atom is 0.0175 e. The molecular weight excluding hydrogens is 262 g/mol. The first kappa shape index (κ1) is 12.1. The summed E-state index contributed by atoms with van der Waals surface area (Å²) in [6, 6.07) is 8.84. The summed E-state index contributed by atoms with van der Waals surface area (Å²) in [5.41, 5.74) is 1.95. The van der Waals surface area contributed by atoms with Crippen LogP contribution >= 0.6 is 15.9 Å². The Morgan fingerprint density at radius 3 is 2.44 bits per heavy atom. The van der Waals surface area contributed by atoms with Gasteiger partial charge in [-0.05, 0) is 36.0 Å². The lowest BCUT2D eigenvalue weighted by Gasteiger charge is -2.33. The van der Waals surface area contributed by atoms with E-state index >= 15 is 0 Å². The topological polar surface area (TPSA) is 12.0 Å². The van der Waals surface area contributed by atoms with Crippen molar-refractivity contribution in [1.82, 2.24) is 5.32 Å². The van der Waals surface area contributed by atoms with E-state index in [1.807, 2.05) is 0 Å². The molecular formula is C14H20BrN. The summed E-state index contributed by atoms with van der Waals surface area (Å²) < 4.78 is 1.17. The Hall–Kier alpha value is -0.340. The van der Waals surface area contributed by atoms with Gasteiger partial charge < -0.3 is 5.32 Å². The van der Waals surface area contributed by atoms with Gasteiger partial charge in [-0.3, -0.25) is 0 Å². The van der Waals surface area contributed by atoms with E-state index in [2.05, 4.69) is 59.4 Å². The third-order valence-corrected chi connectivity index (χ3v) is 4.77. The monoisotopic (exact) mass is 281 g/mol. The van der Waals surface area contributed by atoms with Crippen LogP contribution in [0.15, 0.2) is 28.7 Å². The molecule has 1 fully saturated rings. The highest BCUT2D eigenvalue weighted by molar-refractivity contribution is 9.10. The van der Waals surface area contributed by atoms with Crippen molar-refractivity contribution in [3.05, 3.63) is 34.3 Å². The quantitative estimate of drug-likeness (QED) is 0.885. The Bertz CT molecular complexity index is 340. The van der Waals surface area contributed by atoms with Crippen molar-refractivity contribution in [3.63, 3.8) is 0 Å². The highest BCUT2D eigenvalue weighted by Gasteiger charge is 2.40. The molecule has 0 amide bonds. The number of halogens is 1. The average Bonchev–Trinajstić information content (AvgIpc) is 2.74. The zero-order valence-corrected chi connectivity index (χ0v) is 11.7. The highest BCUT2D eigenvalue weighted by atomic mass is 79.9. The normalized spacial score (nSPS) is 23.6. The summed E-state index contributed by atoms with van der Waals surface area (Å²) in [5, 5.41) is 3.57. The van der Waals surface area contributed by atoms with Crippen LogP contribution in [-0.4, -0.2) is 13.1 Å². The zero-order chi connectivity index (χ0) is 11.6. The number of benzene rings is 1. The van der Waals surface area contributed by atoms with Gasteiger partial charge in [-0.1, -0.05) is 41.9 Å². The van der Waals surface area contributed by atoms with Gasteiger partial charge in [0.2, 0.25) is 0 Å². The molecule has 1 aliphatic heterocycles. The largest absolute Gasteiger partial charge is 0.316 e. The van der Waals surface area contributed by atoms with E-state index < -0.39 is 0 Å². The number of rotatable bonds is 3. The van der Waals surface area contributed by atoms with E-state index in [0.29, 0.717) is 11.3 Å². The van der Waals surface area contributed by atoms with Crippen LogP contribution in [0.25, 0.3) is 0 Å². The first-order valence-electron chi connectivity index (χ1n) is 6.18. The van der Waals surface area contributed by atoms with Crippen LogP contribution in [0.1, 0.15) is 38.2 Å². The Morgan fingerprint density at radius 2 is 1.88 bits per heavy atom. The van der Waals surface area contributed by atoms with E-state index in [9.17, 15) is 0 Å². The lowest BCUT2D eigenvalue weighted by molar-refractivity contribution is 0.260. The summed E-state index contributed by atoms with van der Waals surface area (Å²) >= 11 is 3.50. The zero-order valence-electron chi connectivity index (χ0n) is 10.1. The highest BCUT2D eigenvalue weighted by Crippen LogP contribution is 2.44. The smallest absolute Gasteiger partial charge is 0.0175 e. The van der Waals surface area contributed by atoms with Crippen LogP contribution in [-0.2, 0) is 0 Å². The minimum atomic E-state index is 0.466. The summed E-state index contributed by atoms with van der Waals surface area (Å²) in [7, 11) is 0. The second-order valence-electron chi connectivity index (χ2n) is 4.80. The molecule has 1 N–H and O–H groups in total. The van der Waals surface area contributed by atoms with E-state index in [4.69, 9.17) is 0 Å². The summed E-state index contributed by atoms with van der Waals surface area (Å²) in [6.07, 6.45) is 2.52. The van der Waals surface area contributed by atoms with Crippen LogP contribution in [0.4, 0.5) is 0 Å². The minimum absolute atomic E-state index is 0.466. The van der Waals surface area contributed by atoms with Gasteiger partial charge in [0.05, 0.1) is 0 Å². The number of hydrogen-bond donors (Lipinski definition) is 1. The molecule has 2 heteroatoms. The van der Waals surface area contributed by atoms with Gasteiger partial charge in [0.25, 0.3) is 0 Å². The molecule has 1 aromatic carbocycles. The maximum absolute atomic E-state index is 3.57. The second-order valence-corrected chi connectivity index (χ2v) is 5.72. The van der Waals surface area contributed by atoms with Gasteiger partial charge in [-0.15, -0.1) is 0 Å². The third-order valence-electron chi connectivity index (χ3n) is 4.25. The molecule has 1 aliphatic rings. The van der Waals surface area contributed by atoms with Crippen molar-refractivity contribution >= 4 is 15.9 Å². The van der Waals surface area contributed by atoms with Crippen molar-refractivity contribution in [3.8, 4) is 0 Å². The maximum atomic E-state index is 3.57. The molecule has 0 aliphatic carbocycles. The Balaban J connectivity index is 2.29. The molecule has 1 heterocycles. The molecule has 1 saturated heterocycles. The first-order chi connectivity index (χ1) is 7.72. The Kier molecular flexibility index (Phi) is 3.70. The van der Waals surface area contributed by atoms with Crippen LogP contribution < -0.4 is 5.32 Å². The van der Waals surface area contributed by atoms with Crippen molar-refractivity contribution in [2.75, 3.05) is 13.1 Å². The van der Waals surface area contributed by atoms with Crippen molar-refractivity contribution in [1.29, 1.82) is 0 Å². The summed E-state index contributed by atoms with van der Waals surface area (Å²) in [5.74, 6) is 0.676. The van der Waals surface area contributed by atoms with E-state index in [-0.39, 0.29) is 0 Å². The molecule has 0 unspecified atom stereocenters. The third kappa shape index (κ3) is 2.05. The summed E-state index contributed by atoms with van der Waals surface area (Å²) in [4.78, 5) is 0. The Labute approximate surface area is 107 Å². The first-order valence-corrected chi connectivity index (χ1v) is 6.97. The second kappa shape index (κ2) is 4.89. The predicted octanol–water partition coefficient (Wildman–Crippen LogP) is 3.94. The number of hydrogen-bond acceptors (Lipinski definition) is 1. The van der Waals surface area contributed by atoms with Gasteiger partial charge >= 0.3 is 0 Å². The van der Waals surface area contributed by atoms with E-state index in [0.717, 1.165) is 6.54 Å². The Morgan fingerprint density at radius 1 is 1.25 bits per heavy atom. The van der Waals surface area contributed by atoms with Gasteiger partial charge in [0.15, 0.2) is 0 Å². The molecule has 1 atom stereocenters. The predicted molar refractivity (Wildman–Crippen MR) is 72.8 cm³/mol. The minimum Gasteiger partial charge on any atom is -0.316 e. The molecule has 0 aromatic heterocycles. The van der Waals surface area contributed by atoms with Crippen LogP contribution in [0.5, 0.6) is 0 Å². The SMILES string of the molecule is CCC1(CC)CNC[C@H]1c1ccc(Br)cc1. The van der Waals surface area contributed by atoms with Crippen LogP contribution in [0, 0.1) is 5.41 Å².